The van der Waals surface area contributed by atoms with Gasteiger partial charge < -0.3 is 20.1 Å². The van der Waals surface area contributed by atoms with E-state index in [4.69, 9.17) is 9.84 Å². The van der Waals surface area contributed by atoms with Gasteiger partial charge in [-0.05, 0) is 6.07 Å². The van der Waals surface area contributed by atoms with Crippen LogP contribution < -0.4 is 10.9 Å². The number of benzene rings is 1. The van der Waals surface area contributed by atoms with E-state index in [-0.39, 0.29) is 24.3 Å². The molecule has 1 atom stereocenters. The van der Waals surface area contributed by atoms with Crippen molar-refractivity contribution in [3.05, 3.63) is 46.2 Å². The molecule has 0 bridgehead atoms. The lowest BCUT2D eigenvalue weighted by Gasteiger charge is -2.15. The number of para-hydroxylation sites is 1. The molecule has 0 saturated heterocycles. The number of hydrogen-bond acceptors (Lipinski definition) is 4. The fraction of sp³-hybridized carbons (Fsp3) is 0.286. The third-order valence-corrected chi connectivity index (χ3v) is 2.92. The van der Waals surface area contributed by atoms with E-state index in [0.717, 1.165) is 0 Å². The molecule has 106 valence electrons. The summed E-state index contributed by atoms with van der Waals surface area (Å²) in [6.45, 7) is -0.0376. The van der Waals surface area contributed by atoms with Crippen LogP contribution in [0.15, 0.2) is 35.1 Å². The largest absolute Gasteiger partial charge is 0.394 e. The first-order valence-corrected chi connectivity index (χ1v) is 6.18. The predicted octanol–water partition coefficient (Wildman–Crippen LogP) is 0.265. The third kappa shape index (κ3) is 3.04. The second-order valence-electron chi connectivity index (χ2n) is 4.40. The van der Waals surface area contributed by atoms with Crippen LogP contribution in [0.4, 0.5) is 0 Å². The summed E-state index contributed by atoms with van der Waals surface area (Å²) in [5, 5.41) is 12.4. The zero-order valence-electron chi connectivity index (χ0n) is 11.1. The van der Waals surface area contributed by atoms with E-state index < -0.39 is 11.9 Å². The van der Waals surface area contributed by atoms with E-state index in [1.165, 1.54) is 13.2 Å². The summed E-state index contributed by atoms with van der Waals surface area (Å²) >= 11 is 0. The maximum atomic E-state index is 12.2. The van der Waals surface area contributed by atoms with Gasteiger partial charge in [0.2, 0.25) is 5.56 Å². The summed E-state index contributed by atoms with van der Waals surface area (Å²) in [5.74, 6) is -0.414. The van der Waals surface area contributed by atoms with Crippen LogP contribution in [0, 0.1) is 0 Å². The summed E-state index contributed by atoms with van der Waals surface area (Å²) < 4.78 is 4.90. The Labute approximate surface area is 115 Å². The molecule has 0 radical (unpaired) electrons. The molecule has 0 spiro atoms. The van der Waals surface area contributed by atoms with Gasteiger partial charge in [0.05, 0.1) is 24.8 Å². The Morgan fingerprint density at radius 3 is 2.90 bits per heavy atom. The lowest BCUT2D eigenvalue weighted by atomic mass is 10.1. The number of carbonyl (C=O) groups excluding carboxylic acids is 1. The molecular weight excluding hydrogens is 260 g/mol. The number of fused-ring (bicyclic) bond motifs is 1. The Kier molecular flexibility index (Phi) is 4.49. The van der Waals surface area contributed by atoms with Crippen LogP contribution in [0.3, 0.4) is 0 Å². The standard InChI is InChI=1S/C14H16N2O4/c1-20-8-9(7-17)15-14(19)11-6-13(18)16-12-5-3-2-4-10(11)12/h2-6,9,17H,7-8H2,1H3,(H,15,19)(H,16,18). The molecule has 1 aromatic heterocycles. The number of amides is 1. The number of hydrogen-bond donors (Lipinski definition) is 3. The third-order valence-electron chi connectivity index (χ3n) is 2.92. The van der Waals surface area contributed by atoms with Crippen LogP contribution >= 0.6 is 0 Å². The van der Waals surface area contributed by atoms with Crippen molar-refractivity contribution in [2.45, 2.75) is 6.04 Å². The predicted molar refractivity (Wildman–Crippen MR) is 74.8 cm³/mol. The molecule has 1 heterocycles. The van der Waals surface area contributed by atoms with Crippen molar-refractivity contribution in [2.24, 2.45) is 0 Å². The van der Waals surface area contributed by atoms with Gasteiger partial charge in [0.25, 0.3) is 5.91 Å². The van der Waals surface area contributed by atoms with Gasteiger partial charge in [-0.2, -0.15) is 0 Å². The number of aromatic nitrogens is 1. The molecule has 0 aliphatic heterocycles. The van der Waals surface area contributed by atoms with E-state index in [9.17, 15) is 9.59 Å². The lowest BCUT2D eigenvalue weighted by molar-refractivity contribution is 0.0841. The molecule has 1 aromatic carbocycles. The van der Waals surface area contributed by atoms with Gasteiger partial charge in [0.1, 0.15) is 0 Å². The molecule has 6 nitrogen and oxygen atoms in total. The van der Waals surface area contributed by atoms with Crippen LogP contribution in [0.1, 0.15) is 10.4 Å². The van der Waals surface area contributed by atoms with Gasteiger partial charge in [0.15, 0.2) is 0 Å². The quantitative estimate of drug-likeness (QED) is 0.730. The number of H-pyrrole nitrogens is 1. The Balaban J connectivity index is 2.36. The van der Waals surface area contributed by atoms with Crippen LogP contribution in [0.2, 0.25) is 0 Å². The molecule has 0 aliphatic rings. The highest BCUT2D eigenvalue weighted by atomic mass is 16.5. The maximum absolute atomic E-state index is 12.2. The summed E-state index contributed by atoms with van der Waals surface area (Å²) in [5.41, 5.74) is 0.525. The topological polar surface area (TPSA) is 91.4 Å². The van der Waals surface area contributed by atoms with Crippen molar-refractivity contribution in [2.75, 3.05) is 20.3 Å². The Bertz CT molecular complexity index is 666. The van der Waals surface area contributed by atoms with Crippen LogP contribution in [-0.4, -0.2) is 42.4 Å². The second kappa shape index (κ2) is 6.31. The normalized spacial score (nSPS) is 12.3. The first kappa shape index (κ1) is 14.2. The van der Waals surface area contributed by atoms with Crippen molar-refractivity contribution in [3.63, 3.8) is 0 Å². The molecule has 3 N–H and O–H groups in total. The monoisotopic (exact) mass is 276 g/mol. The summed E-state index contributed by atoms with van der Waals surface area (Å²) in [6.07, 6.45) is 0. The highest BCUT2D eigenvalue weighted by Gasteiger charge is 2.15. The first-order chi connectivity index (χ1) is 9.65. The average molecular weight is 276 g/mol. The first-order valence-electron chi connectivity index (χ1n) is 6.18. The van der Waals surface area contributed by atoms with Crippen LogP contribution in [-0.2, 0) is 4.74 Å². The number of carbonyl (C=O) groups is 1. The van der Waals surface area contributed by atoms with E-state index >= 15 is 0 Å². The molecule has 1 amide bonds. The number of methoxy groups -OCH3 is 1. The number of aliphatic hydroxyl groups excluding tert-OH is 1. The van der Waals surface area contributed by atoms with Crippen molar-refractivity contribution in [3.8, 4) is 0 Å². The second-order valence-corrected chi connectivity index (χ2v) is 4.40. The van der Waals surface area contributed by atoms with Crippen molar-refractivity contribution in [1.82, 2.24) is 10.3 Å². The van der Waals surface area contributed by atoms with Gasteiger partial charge >= 0.3 is 0 Å². The highest BCUT2D eigenvalue weighted by molar-refractivity contribution is 6.06. The minimum absolute atomic E-state index is 0.198. The molecule has 0 saturated carbocycles. The minimum atomic E-state index is -0.509. The zero-order chi connectivity index (χ0) is 14.5. The Morgan fingerprint density at radius 2 is 2.20 bits per heavy atom. The summed E-state index contributed by atoms with van der Waals surface area (Å²) in [6, 6.07) is 7.79. The van der Waals surface area contributed by atoms with Gasteiger partial charge in [-0.15, -0.1) is 0 Å². The molecule has 6 heteroatoms. The van der Waals surface area contributed by atoms with E-state index in [0.29, 0.717) is 10.9 Å². The van der Waals surface area contributed by atoms with Gasteiger partial charge in [0, 0.05) is 24.1 Å². The van der Waals surface area contributed by atoms with Gasteiger partial charge in [-0.25, -0.2) is 0 Å². The van der Waals surface area contributed by atoms with Crippen molar-refractivity contribution >= 4 is 16.8 Å². The summed E-state index contributed by atoms with van der Waals surface area (Å²) in [7, 11) is 1.48. The Morgan fingerprint density at radius 1 is 1.45 bits per heavy atom. The molecular formula is C14H16N2O4. The number of aliphatic hydroxyl groups is 1. The molecule has 0 aliphatic carbocycles. The van der Waals surface area contributed by atoms with Crippen molar-refractivity contribution in [1.29, 1.82) is 0 Å². The number of ether oxygens (including phenoxy) is 1. The summed E-state index contributed by atoms with van der Waals surface area (Å²) in [4.78, 5) is 26.5. The van der Waals surface area contributed by atoms with E-state index in [1.807, 2.05) is 0 Å². The number of nitrogens with one attached hydrogen (secondary N) is 2. The average Bonchev–Trinajstić information content (AvgIpc) is 2.45. The fourth-order valence-corrected chi connectivity index (χ4v) is 2.00. The van der Waals surface area contributed by atoms with Crippen LogP contribution in [0.5, 0.6) is 0 Å². The molecule has 2 aromatic rings. The van der Waals surface area contributed by atoms with E-state index in [2.05, 4.69) is 10.3 Å². The smallest absolute Gasteiger partial charge is 0.252 e. The lowest BCUT2D eigenvalue weighted by Crippen LogP contribution is -2.41. The molecule has 2 rings (SSSR count). The molecule has 0 fully saturated rings. The van der Waals surface area contributed by atoms with Crippen LogP contribution in [0.25, 0.3) is 10.9 Å². The van der Waals surface area contributed by atoms with Gasteiger partial charge in [-0.1, -0.05) is 18.2 Å². The zero-order valence-corrected chi connectivity index (χ0v) is 11.1. The maximum Gasteiger partial charge on any atom is 0.252 e. The van der Waals surface area contributed by atoms with Gasteiger partial charge in [-0.3, -0.25) is 9.59 Å². The number of pyridine rings is 1. The fourth-order valence-electron chi connectivity index (χ4n) is 2.00. The number of aromatic amines is 1. The molecule has 1 unspecified atom stereocenters. The van der Waals surface area contributed by atoms with E-state index in [1.54, 1.807) is 24.3 Å². The minimum Gasteiger partial charge on any atom is -0.394 e. The highest BCUT2D eigenvalue weighted by Crippen LogP contribution is 2.14. The Hall–Kier alpha value is -2.18. The number of rotatable bonds is 5. The SMILES string of the molecule is COCC(CO)NC(=O)c1cc(=O)[nH]c2ccccc12. The van der Waals surface area contributed by atoms with Crippen molar-refractivity contribution < 1.29 is 14.6 Å². The molecule has 20 heavy (non-hydrogen) atoms.